The summed E-state index contributed by atoms with van der Waals surface area (Å²) in [5.74, 6) is 0.773. The van der Waals surface area contributed by atoms with Gasteiger partial charge in [-0.1, -0.05) is 24.3 Å². The maximum Gasteiger partial charge on any atom is 0.226 e. The third-order valence-electron chi connectivity index (χ3n) is 4.51. The number of ether oxygens (including phenoxy) is 1. The molecule has 0 aliphatic rings. The van der Waals surface area contributed by atoms with Crippen molar-refractivity contribution in [3.63, 3.8) is 0 Å². The molecule has 0 unspecified atom stereocenters. The van der Waals surface area contributed by atoms with Gasteiger partial charge in [0.15, 0.2) is 0 Å². The summed E-state index contributed by atoms with van der Waals surface area (Å²) in [5, 5.41) is 3.06. The Morgan fingerprint density at radius 3 is 2.58 bits per heavy atom. The van der Waals surface area contributed by atoms with E-state index in [0.717, 1.165) is 28.1 Å². The molecule has 1 amide bonds. The molecule has 0 spiro atoms. The molecule has 1 aromatic heterocycles. The Morgan fingerprint density at radius 2 is 1.85 bits per heavy atom. The van der Waals surface area contributed by atoms with Crippen molar-refractivity contribution in [2.45, 2.75) is 26.3 Å². The smallest absolute Gasteiger partial charge is 0.226 e. The van der Waals surface area contributed by atoms with E-state index < -0.39 is 0 Å². The molecular weight excluding hydrogens is 324 g/mol. The number of nitrogens with zero attached hydrogens (tertiary/aromatic N) is 1. The van der Waals surface area contributed by atoms with Crippen LogP contribution in [0.1, 0.15) is 29.2 Å². The van der Waals surface area contributed by atoms with Crippen molar-refractivity contribution in [2.75, 3.05) is 12.4 Å². The number of anilines is 1. The molecule has 3 rings (SSSR count). The highest BCUT2D eigenvalue weighted by atomic mass is 16.5. The fourth-order valence-corrected chi connectivity index (χ4v) is 3.05. The Balaban J connectivity index is 1.84. The van der Waals surface area contributed by atoms with Crippen LogP contribution in [0.15, 0.2) is 67.0 Å². The number of amides is 1. The third-order valence-corrected chi connectivity index (χ3v) is 4.51. The molecule has 134 valence electrons. The van der Waals surface area contributed by atoms with Crippen LogP contribution < -0.4 is 10.1 Å². The van der Waals surface area contributed by atoms with Crippen molar-refractivity contribution in [1.29, 1.82) is 0 Å². The summed E-state index contributed by atoms with van der Waals surface area (Å²) in [6, 6.07) is 17.8. The average Bonchev–Trinajstić information content (AvgIpc) is 3.17. The second-order valence-electron chi connectivity index (χ2n) is 6.49. The number of methoxy groups -OCH3 is 1. The van der Waals surface area contributed by atoms with E-state index in [1.807, 2.05) is 80.8 Å². The Hall–Kier alpha value is -3.01. The van der Waals surface area contributed by atoms with Gasteiger partial charge in [0.1, 0.15) is 5.75 Å². The lowest BCUT2D eigenvalue weighted by atomic mass is 10.0. The molecule has 1 heterocycles. The number of aryl methyl sites for hydroxylation is 2. The number of carbonyl (C=O) groups is 1. The van der Waals surface area contributed by atoms with Crippen molar-refractivity contribution >= 4 is 11.6 Å². The molecule has 4 nitrogen and oxygen atoms in total. The summed E-state index contributed by atoms with van der Waals surface area (Å²) in [6.07, 6.45) is 4.31. The summed E-state index contributed by atoms with van der Waals surface area (Å²) >= 11 is 0. The predicted molar refractivity (Wildman–Crippen MR) is 105 cm³/mol. The van der Waals surface area contributed by atoms with Gasteiger partial charge in [0.25, 0.3) is 0 Å². The van der Waals surface area contributed by atoms with Gasteiger partial charge in [-0.25, -0.2) is 0 Å². The highest BCUT2D eigenvalue weighted by Crippen LogP contribution is 2.26. The average molecular weight is 348 g/mol. The van der Waals surface area contributed by atoms with Gasteiger partial charge in [-0.2, -0.15) is 0 Å². The molecule has 0 saturated carbocycles. The Bertz CT molecular complexity index is 885. The van der Waals surface area contributed by atoms with Crippen molar-refractivity contribution in [2.24, 2.45) is 0 Å². The molecule has 26 heavy (non-hydrogen) atoms. The van der Waals surface area contributed by atoms with E-state index in [2.05, 4.69) is 9.88 Å². The van der Waals surface area contributed by atoms with E-state index in [9.17, 15) is 4.79 Å². The lowest BCUT2D eigenvalue weighted by molar-refractivity contribution is -0.116. The van der Waals surface area contributed by atoms with Crippen LogP contribution in [0.25, 0.3) is 0 Å². The van der Waals surface area contributed by atoms with Gasteiger partial charge in [-0.05, 0) is 60.9 Å². The van der Waals surface area contributed by atoms with E-state index >= 15 is 0 Å². The standard InChI is InChI=1S/C22H24N2O2/c1-16-9-10-17(2)20(13-16)23-22(25)15-21(24-11-4-5-12-24)18-7-6-8-19(14-18)26-3/h4-14,21H,15H2,1-3H3,(H,23,25)/t21-/m1/s1. The fourth-order valence-electron chi connectivity index (χ4n) is 3.05. The number of aromatic nitrogens is 1. The molecule has 0 saturated heterocycles. The first-order valence-electron chi connectivity index (χ1n) is 8.70. The van der Waals surface area contributed by atoms with Crippen LogP contribution in [0, 0.1) is 13.8 Å². The van der Waals surface area contributed by atoms with Crippen LogP contribution >= 0.6 is 0 Å². The molecular formula is C22H24N2O2. The first-order chi connectivity index (χ1) is 12.6. The number of benzene rings is 2. The zero-order valence-electron chi connectivity index (χ0n) is 15.4. The van der Waals surface area contributed by atoms with E-state index in [-0.39, 0.29) is 11.9 Å². The van der Waals surface area contributed by atoms with Gasteiger partial charge in [0.2, 0.25) is 5.91 Å². The summed E-state index contributed by atoms with van der Waals surface area (Å²) in [5.41, 5.74) is 4.09. The van der Waals surface area contributed by atoms with E-state index in [1.165, 1.54) is 0 Å². The maximum atomic E-state index is 12.8. The molecule has 2 aromatic carbocycles. The van der Waals surface area contributed by atoms with Crippen LogP contribution in [-0.4, -0.2) is 17.6 Å². The van der Waals surface area contributed by atoms with Crippen LogP contribution in [0.4, 0.5) is 5.69 Å². The maximum absolute atomic E-state index is 12.8. The van der Waals surface area contributed by atoms with Gasteiger partial charge >= 0.3 is 0 Å². The monoisotopic (exact) mass is 348 g/mol. The van der Waals surface area contributed by atoms with Gasteiger partial charge in [0.05, 0.1) is 19.6 Å². The number of hydrogen-bond acceptors (Lipinski definition) is 2. The van der Waals surface area contributed by atoms with Crippen LogP contribution in [-0.2, 0) is 4.79 Å². The van der Waals surface area contributed by atoms with Gasteiger partial charge in [0, 0.05) is 18.1 Å². The lowest BCUT2D eigenvalue weighted by Gasteiger charge is -2.20. The molecule has 1 atom stereocenters. The summed E-state index contributed by atoms with van der Waals surface area (Å²) in [4.78, 5) is 12.8. The Morgan fingerprint density at radius 1 is 1.08 bits per heavy atom. The highest BCUT2D eigenvalue weighted by Gasteiger charge is 2.18. The van der Waals surface area contributed by atoms with E-state index in [1.54, 1.807) is 7.11 Å². The van der Waals surface area contributed by atoms with Crippen LogP contribution in [0.3, 0.4) is 0 Å². The minimum Gasteiger partial charge on any atom is -0.497 e. The zero-order chi connectivity index (χ0) is 18.5. The molecule has 1 N–H and O–H groups in total. The Labute approximate surface area is 154 Å². The van der Waals surface area contributed by atoms with E-state index in [4.69, 9.17) is 4.74 Å². The van der Waals surface area contributed by atoms with Gasteiger partial charge in [-0.3, -0.25) is 4.79 Å². The lowest BCUT2D eigenvalue weighted by Crippen LogP contribution is -2.20. The van der Waals surface area contributed by atoms with Gasteiger partial charge in [-0.15, -0.1) is 0 Å². The summed E-state index contributed by atoms with van der Waals surface area (Å²) in [6.45, 7) is 4.02. The number of nitrogens with one attached hydrogen (secondary N) is 1. The molecule has 0 radical (unpaired) electrons. The van der Waals surface area contributed by atoms with Gasteiger partial charge < -0.3 is 14.6 Å². The fraction of sp³-hybridized carbons (Fsp3) is 0.227. The highest BCUT2D eigenvalue weighted by molar-refractivity contribution is 5.92. The molecule has 4 heteroatoms. The van der Waals surface area contributed by atoms with Crippen LogP contribution in [0.2, 0.25) is 0 Å². The molecule has 3 aromatic rings. The van der Waals surface area contributed by atoms with Crippen molar-refractivity contribution in [3.05, 3.63) is 83.7 Å². The minimum atomic E-state index is -0.0924. The first-order valence-corrected chi connectivity index (χ1v) is 8.70. The molecule has 0 bridgehead atoms. The van der Waals surface area contributed by atoms with Crippen molar-refractivity contribution in [3.8, 4) is 5.75 Å². The number of carbonyl (C=O) groups excluding carboxylic acids is 1. The third kappa shape index (κ3) is 4.14. The predicted octanol–water partition coefficient (Wildman–Crippen LogP) is 4.73. The largest absolute Gasteiger partial charge is 0.497 e. The Kier molecular flexibility index (Phi) is 5.42. The van der Waals surface area contributed by atoms with Crippen molar-refractivity contribution in [1.82, 2.24) is 4.57 Å². The second-order valence-corrected chi connectivity index (χ2v) is 6.49. The summed E-state index contributed by atoms with van der Waals surface area (Å²) in [7, 11) is 1.65. The molecule has 0 fully saturated rings. The number of rotatable bonds is 6. The van der Waals surface area contributed by atoms with Crippen molar-refractivity contribution < 1.29 is 9.53 Å². The normalized spacial score (nSPS) is 11.8. The quantitative estimate of drug-likeness (QED) is 0.700. The minimum absolute atomic E-state index is 0.0137. The first kappa shape index (κ1) is 17.8. The summed E-state index contributed by atoms with van der Waals surface area (Å²) < 4.78 is 7.40. The van der Waals surface area contributed by atoms with E-state index in [0.29, 0.717) is 6.42 Å². The molecule has 0 aliphatic heterocycles. The molecule has 0 aliphatic carbocycles. The SMILES string of the molecule is COc1cccc([C@@H](CC(=O)Nc2cc(C)ccc2C)n2cccc2)c1. The second kappa shape index (κ2) is 7.91. The zero-order valence-corrected chi connectivity index (χ0v) is 15.4. The van der Waals surface area contributed by atoms with Crippen LogP contribution in [0.5, 0.6) is 5.75 Å². The number of hydrogen-bond donors (Lipinski definition) is 1. The topological polar surface area (TPSA) is 43.3 Å².